The summed E-state index contributed by atoms with van der Waals surface area (Å²) in [6.07, 6.45) is -0.376. The number of nitrogens with zero attached hydrogens (tertiary/aromatic N) is 1. The van der Waals surface area contributed by atoms with E-state index in [-0.39, 0.29) is 6.10 Å². The van der Waals surface area contributed by atoms with E-state index in [9.17, 15) is 4.79 Å². The van der Waals surface area contributed by atoms with Gasteiger partial charge in [-0.2, -0.15) is 0 Å². The zero-order valence-electron chi connectivity index (χ0n) is 9.81. The van der Waals surface area contributed by atoms with Crippen LogP contribution in [0.25, 0.3) is 0 Å². The molecule has 0 unspecified atom stereocenters. The Hall–Kier alpha value is -1.26. The predicted octanol–water partition coefficient (Wildman–Crippen LogP) is 2.91. The molecule has 96 valence electrons. The van der Waals surface area contributed by atoms with Crippen molar-refractivity contribution < 1.29 is 14.4 Å². The van der Waals surface area contributed by atoms with Crippen molar-refractivity contribution in [2.24, 2.45) is 11.1 Å². The van der Waals surface area contributed by atoms with Crippen molar-refractivity contribution in [3.05, 3.63) is 33.8 Å². The molecule has 1 heterocycles. The Morgan fingerprint density at radius 1 is 1.44 bits per heavy atom. The monoisotopic (exact) mass is 287 g/mol. The topological polar surface area (TPSA) is 47.9 Å². The van der Waals surface area contributed by atoms with Crippen molar-refractivity contribution in [3.63, 3.8) is 0 Å². The summed E-state index contributed by atoms with van der Waals surface area (Å²) < 4.78 is 4.75. The number of esters is 1. The van der Waals surface area contributed by atoms with E-state index in [2.05, 4.69) is 5.16 Å². The number of halogens is 2. The van der Waals surface area contributed by atoms with Crippen molar-refractivity contribution in [1.29, 1.82) is 0 Å². The van der Waals surface area contributed by atoms with Crippen LogP contribution in [0.5, 0.6) is 0 Å². The van der Waals surface area contributed by atoms with Crippen LogP contribution < -0.4 is 0 Å². The van der Waals surface area contributed by atoms with Gasteiger partial charge in [-0.1, -0.05) is 34.4 Å². The minimum atomic E-state index is -0.575. The molecule has 2 atom stereocenters. The fourth-order valence-electron chi connectivity index (χ4n) is 1.82. The van der Waals surface area contributed by atoms with E-state index in [0.29, 0.717) is 21.3 Å². The molecule has 0 spiro atoms. The Morgan fingerprint density at radius 2 is 2.17 bits per heavy atom. The number of methoxy groups -OCH3 is 1. The molecule has 0 aromatic heterocycles. The van der Waals surface area contributed by atoms with E-state index in [0.717, 1.165) is 0 Å². The maximum absolute atomic E-state index is 11.7. The predicted molar refractivity (Wildman–Crippen MR) is 69.1 cm³/mol. The number of hydrogen-bond acceptors (Lipinski definition) is 4. The first-order valence-electron chi connectivity index (χ1n) is 5.31. The van der Waals surface area contributed by atoms with Crippen LogP contribution >= 0.6 is 23.2 Å². The maximum atomic E-state index is 11.7. The third kappa shape index (κ3) is 2.31. The smallest absolute Gasteiger partial charge is 0.318 e. The molecule has 0 bridgehead atoms. The summed E-state index contributed by atoms with van der Waals surface area (Å²) in [5, 5.41) is 4.86. The number of carbonyl (C=O) groups is 1. The third-order valence-corrected chi connectivity index (χ3v) is 3.29. The van der Waals surface area contributed by atoms with Crippen LogP contribution in [0.1, 0.15) is 12.5 Å². The Labute approximate surface area is 114 Å². The van der Waals surface area contributed by atoms with Gasteiger partial charge in [-0.15, -0.1) is 0 Å². The summed E-state index contributed by atoms with van der Waals surface area (Å²) >= 11 is 11.9. The summed E-state index contributed by atoms with van der Waals surface area (Å²) in [6.45, 7) is 1.75. The molecule has 18 heavy (non-hydrogen) atoms. The number of benzene rings is 1. The molecular weight excluding hydrogens is 277 g/mol. The van der Waals surface area contributed by atoms with E-state index in [4.69, 9.17) is 32.8 Å². The van der Waals surface area contributed by atoms with Crippen LogP contribution in [0.3, 0.4) is 0 Å². The van der Waals surface area contributed by atoms with Gasteiger partial charge in [0, 0.05) is 10.6 Å². The molecule has 1 aliphatic rings. The fraction of sp³-hybridized carbons (Fsp3) is 0.333. The van der Waals surface area contributed by atoms with Gasteiger partial charge in [0.1, 0.15) is 17.7 Å². The second kappa shape index (κ2) is 5.16. The summed E-state index contributed by atoms with van der Waals surface area (Å²) in [7, 11) is 1.33. The minimum Gasteiger partial charge on any atom is -0.468 e. The lowest BCUT2D eigenvalue weighted by Gasteiger charge is -2.13. The molecule has 6 heteroatoms. The Bertz CT molecular complexity index is 516. The van der Waals surface area contributed by atoms with Gasteiger partial charge in [0.05, 0.1) is 12.1 Å². The second-order valence-electron chi connectivity index (χ2n) is 3.91. The van der Waals surface area contributed by atoms with Gasteiger partial charge in [-0.25, -0.2) is 0 Å². The highest BCUT2D eigenvalue weighted by atomic mass is 35.5. The summed E-state index contributed by atoms with van der Waals surface area (Å²) in [4.78, 5) is 16.9. The summed E-state index contributed by atoms with van der Waals surface area (Å²) in [5.41, 5.74) is 1.09. The van der Waals surface area contributed by atoms with Crippen LogP contribution in [0, 0.1) is 5.92 Å². The lowest BCUT2D eigenvalue weighted by Crippen LogP contribution is -2.31. The highest BCUT2D eigenvalue weighted by Gasteiger charge is 2.39. The molecular formula is C12H11Cl2NO3. The average molecular weight is 288 g/mol. The van der Waals surface area contributed by atoms with Crippen molar-refractivity contribution in [2.45, 2.75) is 13.0 Å². The standard InChI is InChI=1S/C12H11Cl2NO3/c1-6-10(12(16)17-2)11(15-18-6)8-4-3-7(13)5-9(8)14/h3-6,10H,1-2H3/t6-,10-/m0/s1. The number of ether oxygens (including phenoxy) is 1. The van der Waals surface area contributed by atoms with Crippen molar-refractivity contribution in [1.82, 2.24) is 0 Å². The van der Waals surface area contributed by atoms with Crippen molar-refractivity contribution in [2.75, 3.05) is 7.11 Å². The van der Waals surface area contributed by atoms with Gasteiger partial charge in [0.2, 0.25) is 0 Å². The van der Waals surface area contributed by atoms with E-state index in [1.165, 1.54) is 7.11 Å². The molecule has 4 nitrogen and oxygen atoms in total. The quantitative estimate of drug-likeness (QED) is 0.786. The lowest BCUT2D eigenvalue weighted by atomic mass is 9.93. The van der Waals surface area contributed by atoms with Crippen LogP contribution in [0.2, 0.25) is 10.0 Å². The SMILES string of the molecule is COC(=O)[C@@H]1C(c2ccc(Cl)cc2Cl)=NO[C@H]1C. The highest BCUT2D eigenvalue weighted by molar-refractivity contribution is 6.37. The first-order valence-corrected chi connectivity index (χ1v) is 6.07. The number of carbonyl (C=O) groups excluding carboxylic acids is 1. The van der Waals surface area contributed by atoms with Gasteiger partial charge in [0.15, 0.2) is 0 Å². The average Bonchev–Trinajstić information content (AvgIpc) is 2.70. The molecule has 0 N–H and O–H groups in total. The minimum absolute atomic E-state index is 0.376. The van der Waals surface area contributed by atoms with Crippen LogP contribution in [0.4, 0.5) is 0 Å². The molecule has 0 aliphatic carbocycles. The summed E-state index contributed by atoms with van der Waals surface area (Å²) in [5.74, 6) is -0.974. The van der Waals surface area contributed by atoms with Gasteiger partial charge >= 0.3 is 5.97 Å². The van der Waals surface area contributed by atoms with Gasteiger partial charge in [-0.05, 0) is 19.1 Å². The maximum Gasteiger partial charge on any atom is 0.318 e. The molecule has 0 saturated heterocycles. The summed E-state index contributed by atoms with van der Waals surface area (Å²) in [6, 6.07) is 4.99. The van der Waals surface area contributed by atoms with Gasteiger partial charge < -0.3 is 9.57 Å². The molecule has 2 rings (SSSR count). The van der Waals surface area contributed by atoms with Crippen molar-refractivity contribution in [3.8, 4) is 0 Å². The third-order valence-electron chi connectivity index (χ3n) is 2.74. The Kier molecular flexibility index (Phi) is 3.78. The highest BCUT2D eigenvalue weighted by Crippen LogP contribution is 2.29. The Balaban J connectivity index is 2.40. The molecule has 0 radical (unpaired) electrons. The number of rotatable bonds is 2. The first-order chi connectivity index (χ1) is 8.54. The zero-order valence-corrected chi connectivity index (χ0v) is 11.3. The van der Waals surface area contributed by atoms with Crippen LogP contribution in [0.15, 0.2) is 23.4 Å². The van der Waals surface area contributed by atoms with Gasteiger partial charge in [-0.3, -0.25) is 4.79 Å². The molecule has 0 amide bonds. The fourth-order valence-corrected chi connectivity index (χ4v) is 2.33. The molecule has 1 aromatic rings. The van der Waals surface area contributed by atoms with E-state index in [1.807, 2.05) is 0 Å². The van der Waals surface area contributed by atoms with Crippen LogP contribution in [-0.4, -0.2) is 24.9 Å². The second-order valence-corrected chi connectivity index (χ2v) is 4.76. The normalized spacial score (nSPS) is 22.3. The van der Waals surface area contributed by atoms with Crippen LogP contribution in [-0.2, 0) is 14.4 Å². The van der Waals surface area contributed by atoms with E-state index in [1.54, 1.807) is 25.1 Å². The zero-order chi connectivity index (χ0) is 13.3. The van der Waals surface area contributed by atoms with E-state index >= 15 is 0 Å². The molecule has 1 aromatic carbocycles. The molecule has 0 saturated carbocycles. The molecule has 1 aliphatic heterocycles. The van der Waals surface area contributed by atoms with E-state index < -0.39 is 11.9 Å². The molecule has 0 fully saturated rings. The number of hydrogen-bond donors (Lipinski definition) is 0. The van der Waals surface area contributed by atoms with Gasteiger partial charge in [0.25, 0.3) is 0 Å². The van der Waals surface area contributed by atoms with Crippen molar-refractivity contribution >= 4 is 34.9 Å². The Morgan fingerprint density at radius 3 is 2.78 bits per heavy atom. The largest absolute Gasteiger partial charge is 0.468 e. The lowest BCUT2D eigenvalue weighted by molar-refractivity contribution is -0.145. The first kappa shape index (κ1) is 13.2. The number of oxime groups is 1.